The first-order chi connectivity index (χ1) is 10.1. The van der Waals surface area contributed by atoms with E-state index in [-0.39, 0.29) is 11.8 Å². The zero-order chi connectivity index (χ0) is 15.2. The molecule has 21 heavy (non-hydrogen) atoms. The van der Waals surface area contributed by atoms with Crippen LogP contribution in [-0.2, 0) is 14.9 Å². The molecular weight excluding hydrogens is 333 g/mol. The van der Waals surface area contributed by atoms with Crippen LogP contribution in [0.5, 0.6) is 0 Å². The van der Waals surface area contributed by atoms with Gasteiger partial charge in [-0.25, -0.2) is 0 Å². The predicted octanol–water partition coefficient (Wildman–Crippen LogP) is 2.02. The van der Waals surface area contributed by atoms with Crippen molar-refractivity contribution in [2.75, 3.05) is 6.54 Å². The predicted molar refractivity (Wildman–Crippen MR) is 82.2 cm³/mol. The van der Waals surface area contributed by atoms with Crippen LogP contribution in [0.3, 0.4) is 0 Å². The van der Waals surface area contributed by atoms with E-state index in [0.717, 1.165) is 17.1 Å². The molecule has 0 aliphatic carbocycles. The average Bonchev–Trinajstić information content (AvgIpc) is 2.97. The Morgan fingerprint density at radius 2 is 2.10 bits per heavy atom. The Hall–Kier alpha value is -1.32. The Kier molecular flexibility index (Phi) is 5.83. The van der Waals surface area contributed by atoms with Gasteiger partial charge in [-0.15, -0.1) is 0 Å². The minimum absolute atomic E-state index is 0.00911. The second-order valence-electron chi connectivity index (χ2n) is 5.43. The van der Waals surface area contributed by atoms with Crippen LogP contribution in [0.25, 0.3) is 0 Å². The van der Waals surface area contributed by atoms with Crippen molar-refractivity contribution in [1.29, 1.82) is 0 Å². The van der Waals surface area contributed by atoms with E-state index in [0.29, 0.717) is 27.9 Å². The first-order valence-corrected chi connectivity index (χ1v) is 9.67. The molecule has 1 aromatic rings. The van der Waals surface area contributed by atoms with Crippen LogP contribution in [0.15, 0.2) is 30.3 Å². The van der Waals surface area contributed by atoms with Crippen LogP contribution in [0.4, 0.5) is 0 Å². The summed E-state index contributed by atoms with van der Waals surface area (Å²) in [7, 11) is 0. The molecule has 0 radical (unpaired) electrons. The number of carbonyl (C=O) groups is 2. The summed E-state index contributed by atoms with van der Waals surface area (Å²) >= 11 is 0.370. The number of likely N-dealkylation sites (tertiary alicyclic amines) is 1. The first-order valence-electron chi connectivity index (χ1n) is 7.24. The van der Waals surface area contributed by atoms with E-state index in [1.54, 1.807) is 4.90 Å². The third-order valence-corrected chi connectivity index (χ3v) is 6.39. The van der Waals surface area contributed by atoms with Gasteiger partial charge in [0.15, 0.2) is 0 Å². The third kappa shape index (κ3) is 4.32. The summed E-state index contributed by atoms with van der Waals surface area (Å²) in [6, 6.07) is 9.66. The van der Waals surface area contributed by atoms with Gasteiger partial charge in [0, 0.05) is 0 Å². The molecule has 2 atom stereocenters. The Bertz CT molecular complexity index is 492. The molecule has 1 saturated heterocycles. The van der Waals surface area contributed by atoms with Crippen LogP contribution < -0.4 is 0 Å². The molecule has 1 amide bonds. The van der Waals surface area contributed by atoms with Crippen molar-refractivity contribution in [3.05, 3.63) is 35.9 Å². The summed E-state index contributed by atoms with van der Waals surface area (Å²) in [4.78, 5) is 25.1. The standard InChI is InChI=1S/C16H21NO3Se/c1-12(10-21-11-13-6-3-2-4-7-13)15(18)17-9-5-8-14(17)16(19)20/h2-4,6-7,12,14H,5,8-11H2,1H3,(H,19,20)/t12?,14-/m0/s1. The van der Waals surface area contributed by atoms with Gasteiger partial charge in [0.05, 0.1) is 0 Å². The number of amides is 1. The minimum atomic E-state index is -0.872. The zero-order valence-corrected chi connectivity index (χ0v) is 13.9. The topological polar surface area (TPSA) is 57.6 Å². The molecule has 4 nitrogen and oxygen atoms in total. The SMILES string of the molecule is CC(C[Se]Cc1ccccc1)C(=O)N1CCC[C@H]1C(=O)O. The van der Waals surface area contributed by atoms with Gasteiger partial charge >= 0.3 is 131 Å². The Labute approximate surface area is 131 Å². The third-order valence-electron chi connectivity index (χ3n) is 3.72. The van der Waals surface area contributed by atoms with E-state index in [1.807, 2.05) is 25.1 Å². The number of rotatable bonds is 6. The van der Waals surface area contributed by atoms with Crippen LogP contribution in [0.2, 0.25) is 5.32 Å². The number of hydrogen-bond donors (Lipinski definition) is 1. The molecule has 1 heterocycles. The first kappa shape index (κ1) is 16.1. The van der Waals surface area contributed by atoms with E-state index in [1.165, 1.54) is 5.56 Å². The number of carboxylic acid groups (broad SMARTS) is 1. The maximum absolute atomic E-state index is 12.4. The Morgan fingerprint density at radius 3 is 2.76 bits per heavy atom. The molecule has 0 saturated carbocycles. The van der Waals surface area contributed by atoms with E-state index >= 15 is 0 Å². The molecule has 0 spiro atoms. The molecule has 1 fully saturated rings. The van der Waals surface area contributed by atoms with E-state index < -0.39 is 12.0 Å². The summed E-state index contributed by atoms with van der Waals surface area (Å²) < 4.78 is 0. The van der Waals surface area contributed by atoms with Crippen LogP contribution in [-0.4, -0.2) is 49.4 Å². The van der Waals surface area contributed by atoms with Gasteiger partial charge in [-0.05, 0) is 0 Å². The van der Waals surface area contributed by atoms with Gasteiger partial charge < -0.3 is 0 Å². The fraction of sp³-hybridized carbons (Fsp3) is 0.500. The summed E-state index contributed by atoms with van der Waals surface area (Å²) in [5.74, 6) is -0.939. The van der Waals surface area contributed by atoms with Crippen molar-refractivity contribution in [2.24, 2.45) is 5.92 Å². The molecule has 2 rings (SSSR count). The molecule has 114 valence electrons. The van der Waals surface area contributed by atoms with E-state index in [4.69, 9.17) is 5.11 Å². The molecule has 1 unspecified atom stereocenters. The summed E-state index contributed by atoms with van der Waals surface area (Å²) in [5.41, 5.74) is 1.31. The number of carbonyl (C=O) groups excluding carboxylic acids is 1. The molecule has 0 bridgehead atoms. The second kappa shape index (κ2) is 7.62. The van der Waals surface area contributed by atoms with E-state index in [9.17, 15) is 9.59 Å². The Morgan fingerprint density at radius 1 is 1.38 bits per heavy atom. The number of aliphatic carboxylic acids is 1. The average molecular weight is 354 g/mol. The van der Waals surface area contributed by atoms with Crippen molar-refractivity contribution in [3.63, 3.8) is 0 Å². The van der Waals surface area contributed by atoms with Gasteiger partial charge in [0.1, 0.15) is 0 Å². The second-order valence-corrected chi connectivity index (χ2v) is 7.59. The quantitative estimate of drug-likeness (QED) is 0.796. The van der Waals surface area contributed by atoms with Crippen LogP contribution in [0, 0.1) is 5.92 Å². The molecule has 1 aromatic carbocycles. The van der Waals surface area contributed by atoms with Crippen molar-refractivity contribution in [3.8, 4) is 0 Å². The fourth-order valence-electron chi connectivity index (χ4n) is 2.57. The maximum atomic E-state index is 12.4. The fourth-order valence-corrected chi connectivity index (χ4v) is 4.76. The number of benzene rings is 1. The summed E-state index contributed by atoms with van der Waals surface area (Å²) in [6.45, 7) is 2.51. The molecule has 0 aromatic heterocycles. The van der Waals surface area contributed by atoms with Gasteiger partial charge in [-0.3, -0.25) is 0 Å². The zero-order valence-electron chi connectivity index (χ0n) is 12.2. The van der Waals surface area contributed by atoms with Crippen molar-refractivity contribution < 1.29 is 14.7 Å². The molecule has 5 heteroatoms. The number of hydrogen-bond acceptors (Lipinski definition) is 2. The normalized spacial score (nSPS) is 19.5. The van der Waals surface area contributed by atoms with Crippen molar-refractivity contribution in [1.82, 2.24) is 4.90 Å². The molecule has 1 aliphatic rings. The molecule has 1 N–H and O–H groups in total. The molecule has 1 aliphatic heterocycles. The summed E-state index contributed by atoms with van der Waals surface area (Å²) in [6.07, 6.45) is 1.38. The Balaban J connectivity index is 1.81. The van der Waals surface area contributed by atoms with Gasteiger partial charge in [-0.2, -0.15) is 0 Å². The molecular formula is C16H21NO3Se. The van der Waals surface area contributed by atoms with Gasteiger partial charge in [0.25, 0.3) is 0 Å². The van der Waals surface area contributed by atoms with Crippen LogP contribution in [0.1, 0.15) is 25.3 Å². The monoisotopic (exact) mass is 355 g/mol. The van der Waals surface area contributed by atoms with Crippen molar-refractivity contribution >= 4 is 26.8 Å². The summed E-state index contributed by atoms with van der Waals surface area (Å²) in [5, 5.41) is 11.0. The van der Waals surface area contributed by atoms with Gasteiger partial charge in [-0.1, -0.05) is 0 Å². The van der Waals surface area contributed by atoms with Crippen molar-refractivity contribution in [2.45, 2.75) is 36.4 Å². The van der Waals surface area contributed by atoms with Gasteiger partial charge in [0.2, 0.25) is 0 Å². The van der Waals surface area contributed by atoms with Crippen LogP contribution >= 0.6 is 0 Å². The van der Waals surface area contributed by atoms with E-state index in [2.05, 4.69) is 12.1 Å². The number of nitrogens with zero attached hydrogens (tertiary/aromatic N) is 1. The number of carboxylic acids is 1.